The van der Waals surface area contributed by atoms with Gasteiger partial charge in [0.2, 0.25) is 0 Å². The number of hydrogen-bond donors (Lipinski definition) is 2. The predicted molar refractivity (Wildman–Crippen MR) is 58.0 cm³/mol. The number of pyridine rings is 1. The highest BCUT2D eigenvalue weighted by Gasteiger charge is 2.18. The van der Waals surface area contributed by atoms with Gasteiger partial charge in [0.15, 0.2) is 0 Å². The standard InChI is InChI=1S/C10H12ClN3O/c11-9-8(2-1-4-13-9)10(15)14-7-3-5-12-6-7/h1-2,4,7,12H,3,5-6H2,(H,14,15)/t7-/m1/s1. The predicted octanol–water partition coefficient (Wildman–Crippen LogP) is 0.827. The molecular weight excluding hydrogens is 214 g/mol. The molecule has 1 aliphatic heterocycles. The molecule has 2 rings (SSSR count). The van der Waals surface area contributed by atoms with Crippen LogP contribution in [0.5, 0.6) is 0 Å². The molecule has 0 bridgehead atoms. The van der Waals surface area contributed by atoms with Crippen molar-refractivity contribution in [1.29, 1.82) is 0 Å². The second-order valence-corrected chi connectivity index (χ2v) is 3.86. The first-order valence-corrected chi connectivity index (χ1v) is 5.27. The van der Waals surface area contributed by atoms with Crippen LogP contribution in [0.15, 0.2) is 18.3 Å². The maximum Gasteiger partial charge on any atom is 0.254 e. The number of carbonyl (C=O) groups excluding carboxylic acids is 1. The van der Waals surface area contributed by atoms with E-state index in [1.165, 1.54) is 0 Å². The number of nitrogens with zero attached hydrogens (tertiary/aromatic N) is 1. The fourth-order valence-corrected chi connectivity index (χ4v) is 1.80. The number of rotatable bonds is 2. The summed E-state index contributed by atoms with van der Waals surface area (Å²) in [6, 6.07) is 3.58. The van der Waals surface area contributed by atoms with E-state index >= 15 is 0 Å². The number of carbonyl (C=O) groups is 1. The van der Waals surface area contributed by atoms with Crippen molar-refractivity contribution >= 4 is 17.5 Å². The van der Waals surface area contributed by atoms with Crippen LogP contribution in [0.3, 0.4) is 0 Å². The zero-order chi connectivity index (χ0) is 10.7. The van der Waals surface area contributed by atoms with Gasteiger partial charge >= 0.3 is 0 Å². The highest BCUT2D eigenvalue weighted by molar-refractivity contribution is 6.32. The minimum absolute atomic E-state index is 0.151. The van der Waals surface area contributed by atoms with Gasteiger partial charge in [0.25, 0.3) is 5.91 Å². The molecule has 5 heteroatoms. The van der Waals surface area contributed by atoms with Crippen LogP contribution >= 0.6 is 11.6 Å². The molecule has 1 fully saturated rings. The molecule has 0 radical (unpaired) electrons. The smallest absolute Gasteiger partial charge is 0.254 e. The second-order valence-electron chi connectivity index (χ2n) is 3.50. The summed E-state index contributed by atoms with van der Waals surface area (Å²) in [7, 11) is 0. The van der Waals surface area contributed by atoms with Crippen molar-refractivity contribution in [3.8, 4) is 0 Å². The lowest BCUT2D eigenvalue weighted by Crippen LogP contribution is -2.36. The molecule has 0 spiro atoms. The summed E-state index contributed by atoms with van der Waals surface area (Å²) in [5, 5.41) is 6.34. The maximum atomic E-state index is 11.8. The lowest BCUT2D eigenvalue weighted by molar-refractivity contribution is 0.0940. The third-order valence-electron chi connectivity index (χ3n) is 2.40. The Bertz CT molecular complexity index is 363. The molecular formula is C10H12ClN3O. The number of halogens is 1. The average Bonchev–Trinajstić information content (AvgIpc) is 2.71. The van der Waals surface area contributed by atoms with Crippen LogP contribution in [0.4, 0.5) is 0 Å². The van der Waals surface area contributed by atoms with Crippen LogP contribution in [0.25, 0.3) is 0 Å². The Morgan fingerprint density at radius 2 is 2.53 bits per heavy atom. The fraction of sp³-hybridized carbons (Fsp3) is 0.400. The van der Waals surface area contributed by atoms with Crippen molar-refractivity contribution < 1.29 is 4.79 Å². The van der Waals surface area contributed by atoms with Crippen LogP contribution in [-0.4, -0.2) is 30.0 Å². The first-order chi connectivity index (χ1) is 7.27. The number of aromatic nitrogens is 1. The zero-order valence-corrected chi connectivity index (χ0v) is 8.92. The minimum Gasteiger partial charge on any atom is -0.348 e. The van der Waals surface area contributed by atoms with Crippen molar-refractivity contribution in [1.82, 2.24) is 15.6 Å². The van der Waals surface area contributed by atoms with E-state index in [0.717, 1.165) is 19.5 Å². The zero-order valence-electron chi connectivity index (χ0n) is 8.16. The van der Waals surface area contributed by atoms with E-state index in [4.69, 9.17) is 11.6 Å². The Kier molecular flexibility index (Phi) is 3.18. The van der Waals surface area contributed by atoms with Crippen molar-refractivity contribution in [2.45, 2.75) is 12.5 Å². The van der Waals surface area contributed by atoms with E-state index < -0.39 is 0 Å². The van der Waals surface area contributed by atoms with Gasteiger partial charge in [-0.2, -0.15) is 0 Å². The van der Waals surface area contributed by atoms with E-state index in [9.17, 15) is 4.79 Å². The van der Waals surface area contributed by atoms with Gasteiger partial charge in [-0.25, -0.2) is 4.98 Å². The SMILES string of the molecule is O=C(N[C@@H]1CCNC1)c1cccnc1Cl. The van der Waals surface area contributed by atoms with Crippen LogP contribution < -0.4 is 10.6 Å². The number of amides is 1. The molecule has 1 aromatic heterocycles. The van der Waals surface area contributed by atoms with Crippen LogP contribution in [-0.2, 0) is 0 Å². The van der Waals surface area contributed by atoms with Gasteiger partial charge in [0, 0.05) is 18.8 Å². The Balaban J connectivity index is 2.04. The summed E-state index contributed by atoms with van der Waals surface area (Å²) in [6.45, 7) is 1.77. The van der Waals surface area contributed by atoms with E-state index in [1.807, 2.05) is 0 Å². The number of nitrogens with one attached hydrogen (secondary N) is 2. The summed E-state index contributed by atoms with van der Waals surface area (Å²) in [4.78, 5) is 15.6. The van der Waals surface area contributed by atoms with Crippen molar-refractivity contribution in [2.24, 2.45) is 0 Å². The molecule has 1 saturated heterocycles. The third-order valence-corrected chi connectivity index (χ3v) is 2.70. The average molecular weight is 226 g/mol. The Labute approximate surface area is 93.0 Å². The Hall–Kier alpha value is -1.13. The summed E-state index contributed by atoms with van der Waals surface area (Å²) >= 11 is 5.82. The normalized spacial score (nSPS) is 20.2. The van der Waals surface area contributed by atoms with Gasteiger partial charge in [-0.3, -0.25) is 4.79 Å². The van der Waals surface area contributed by atoms with Crippen LogP contribution in [0, 0.1) is 0 Å². The summed E-state index contributed by atoms with van der Waals surface area (Å²) in [5.41, 5.74) is 0.436. The molecule has 0 unspecified atom stereocenters. The van der Waals surface area contributed by atoms with Crippen molar-refractivity contribution in [2.75, 3.05) is 13.1 Å². The molecule has 1 atom stereocenters. The monoisotopic (exact) mass is 225 g/mol. The van der Waals surface area contributed by atoms with E-state index in [-0.39, 0.29) is 17.1 Å². The van der Waals surface area contributed by atoms with Crippen LogP contribution in [0.2, 0.25) is 5.15 Å². The van der Waals surface area contributed by atoms with Gasteiger partial charge in [-0.1, -0.05) is 11.6 Å². The Morgan fingerprint density at radius 3 is 3.20 bits per heavy atom. The molecule has 2 heterocycles. The maximum absolute atomic E-state index is 11.8. The van der Waals surface area contributed by atoms with Crippen molar-refractivity contribution in [3.63, 3.8) is 0 Å². The largest absolute Gasteiger partial charge is 0.348 e. The molecule has 0 saturated carbocycles. The highest BCUT2D eigenvalue weighted by atomic mass is 35.5. The molecule has 4 nitrogen and oxygen atoms in total. The fourth-order valence-electron chi connectivity index (χ4n) is 1.60. The summed E-state index contributed by atoms with van der Waals surface area (Å²) < 4.78 is 0. The van der Waals surface area contributed by atoms with Crippen molar-refractivity contribution in [3.05, 3.63) is 29.0 Å². The summed E-state index contributed by atoms with van der Waals surface area (Å²) in [5.74, 6) is -0.151. The van der Waals surface area contributed by atoms with E-state index in [1.54, 1.807) is 18.3 Å². The minimum atomic E-state index is -0.151. The van der Waals surface area contributed by atoms with E-state index in [2.05, 4.69) is 15.6 Å². The number of hydrogen-bond acceptors (Lipinski definition) is 3. The molecule has 0 aromatic carbocycles. The molecule has 1 aromatic rings. The lowest BCUT2D eigenvalue weighted by Gasteiger charge is -2.11. The van der Waals surface area contributed by atoms with Gasteiger partial charge in [-0.15, -0.1) is 0 Å². The van der Waals surface area contributed by atoms with Gasteiger partial charge in [0.1, 0.15) is 5.15 Å². The molecule has 0 aliphatic carbocycles. The highest BCUT2D eigenvalue weighted by Crippen LogP contribution is 2.11. The Morgan fingerprint density at radius 1 is 1.67 bits per heavy atom. The quantitative estimate of drug-likeness (QED) is 0.733. The second kappa shape index (κ2) is 4.59. The molecule has 1 amide bonds. The summed E-state index contributed by atoms with van der Waals surface area (Å²) in [6.07, 6.45) is 2.53. The van der Waals surface area contributed by atoms with E-state index in [0.29, 0.717) is 5.56 Å². The molecule has 1 aliphatic rings. The molecule has 15 heavy (non-hydrogen) atoms. The lowest BCUT2D eigenvalue weighted by atomic mass is 10.2. The first-order valence-electron chi connectivity index (χ1n) is 4.89. The van der Waals surface area contributed by atoms with Crippen LogP contribution in [0.1, 0.15) is 16.8 Å². The topological polar surface area (TPSA) is 54.0 Å². The molecule has 2 N–H and O–H groups in total. The van der Waals surface area contributed by atoms with Gasteiger partial charge < -0.3 is 10.6 Å². The van der Waals surface area contributed by atoms with Gasteiger partial charge in [-0.05, 0) is 25.1 Å². The first kappa shape index (κ1) is 10.4. The van der Waals surface area contributed by atoms with Gasteiger partial charge in [0.05, 0.1) is 5.56 Å². The third kappa shape index (κ3) is 2.46. The molecule has 80 valence electrons.